The molecule has 3 aromatic heterocycles. The average molecular weight is 787 g/mol. The molecule has 2 aliphatic heterocycles. The minimum Gasteiger partial charge on any atom is -0.456 e. The van der Waals surface area contributed by atoms with E-state index in [4.69, 9.17) is 4.42 Å². The smallest absolute Gasteiger partial charge is 0.333 e. The topological polar surface area (TPSA) is 21.3 Å². The largest absolute Gasteiger partial charge is 0.456 e. The summed E-state index contributed by atoms with van der Waals surface area (Å²) in [6, 6.07) is 55.5. The molecule has 3 aliphatic rings. The van der Waals surface area contributed by atoms with Gasteiger partial charge in [0.2, 0.25) is 0 Å². The van der Waals surface area contributed by atoms with Crippen molar-refractivity contribution in [1.29, 1.82) is 0 Å². The second-order valence-corrected chi connectivity index (χ2v) is 20.0. The summed E-state index contributed by atoms with van der Waals surface area (Å²) in [6.45, 7) is 11.6. The van der Waals surface area contributed by atoms with Crippen LogP contribution in [0, 0.1) is 0 Å². The first-order valence-corrected chi connectivity index (χ1v) is 22.0. The molecule has 14 rings (SSSR count). The number of aromatic nitrogens is 1. The van der Waals surface area contributed by atoms with Crippen molar-refractivity contribution in [3.8, 4) is 27.9 Å². The van der Waals surface area contributed by atoms with E-state index in [0.29, 0.717) is 0 Å². The van der Waals surface area contributed by atoms with E-state index in [1.807, 2.05) is 11.3 Å². The Morgan fingerprint density at radius 1 is 0.550 bits per heavy atom. The summed E-state index contributed by atoms with van der Waals surface area (Å²) < 4.78 is 11.9. The standard InChI is InChI=1S/C55H39BN2OS/c1-54(2,3)30-18-20-31(21-19-30)58-46-29-51-41(34-14-8-11-17-50(34)60-51)25-38(46)35-22-23-36-39-24-40-33-13-7-10-16-48(33)59-49(40)28-45(39)57-47-27-43-37(26-44(47)56(58)52(35)53(36)57)32-12-6-9-15-42(32)55(43,4)5/h6-29H,1-5H3. The summed E-state index contributed by atoms with van der Waals surface area (Å²) >= 11 is 1.90. The molecule has 0 saturated carbocycles. The first-order valence-electron chi connectivity index (χ1n) is 21.2. The van der Waals surface area contributed by atoms with Crippen LogP contribution in [-0.4, -0.2) is 11.4 Å². The van der Waals surface area contributed by atoms with Crippen molar-refractivity contribution in [3.05, 3.63) is 162 Å². The van der Waals surface area contributed by atoms with Gasteiger partial charge in [-0.1, -0.05) is 126 Å². The number of hydrogen-bond acceptors (Lipinski definition) is 3. The highest BCUT2D eigenvalue weighted by Crippen LogP contribution is 2.53. The van der Waals surface area contributed by atoms with Crippen LogP contribution in [0.2, 0.25) is 0 Å². The van der Waals surface area contributed by atoms with Crippen molar-refractivity contribution >= 4 is 104 Å². The summed E-state index contributed by atoms with van der Waals surface area (Å²) in [5, 5.41) is 7.50. The highest BCUT2D eigenvalue weighted by Gasteiger charge is 2.46. The second-order valence-electron chi connectivity index (χ2n) is 18.9. The van der Waals surface area contributed by atoms with Crippen molar-refractivity contribution in [2.24, 2.45) is 0 Å². The summed E-state index contributed by atoms with van der Waals surface area (Å²) in [5.74, 6) is 0. The van der Waals surface area contributed by atoms with Crippen LogP contribution < -0.4 is 15.7 Å². The maximum atomic E-state index is 6.62. The molecule has 0 saturated heterocycles. The van der Waals surface area contributed by atoms with Crippen LogP contribution in [0.5, 0.6) is 0 Å². The van der Waals surface area contributed by atoms with Crippen molar-refractivity contribution in [2.75, 3.05) is 4.81 Å². The van der Waals surface area contributed by atoms with E-state index in [0.717, 1.165) is 21.9 Å². The SMILES string of the molecule is CC(C)(C)c1ccc(N2B3c4cc5c(cc4-n4c6cc7oc8ccccc8c7cc6c6ccc(c3c64)-c3cc4c(cc32)sc2ccccc24)C(C)(C)c2ccccc2-5)cc1. The average Bonchev–Trinajstić information content (AvgIpc) is 3.97. The van der Waals surface area contributed by atoms with E-state index in [-0.39, 0.29) is 17.7 Å². The van der Waals surface area contributed by atoms with Crippen LogP contribution in [0.4, 0.5) is 11.4 Å². The molecule has 5 heteroatoms. The molecule has 0 fully saturated rings. The molecule has 1 aliphatic carbocycles. The summed E-state index contributed by atoms with van der Waals surface area (Å²) in [4.78, 5) is 2.69. The normalized spacial score (nSPS) is 14.8. The molecule has 11 aromatic rings. The Morgan fingerprint density at radius 3 is 2.18 bits per heavy atom. The van der Waals surface area contributed by atoms with Gasteiger partial charge in [0.05, 0.1) is 11.0 Å². The Hall–Kier alpha value is -6.56. The fourth-order valence-corrected chi connectivity index (χ4v) is 12.5. The van der Waals surface area contributed by atoms with Crippen molar-refractivity contribution in [2.45, 2.75) is 45.4 Å². The number of rotatable bonds is 1. The van der Waals surface area contributed by atoms with E-state index < -0.39 is 0 Å². The molecule has 0 radical (unpaired) electrons. The van der Waals surface area contributed by atoms with Gasteiger partial charge in [-0.25, -0.2) is 0 Å². The molecule has 284 valence electrons. The minimum absolute atomic E-state index is 0.0456. The van der Waals surface area contributed by atoms with Gasteiger partial charge < -0.3 is 13.8 Å². The number of furan rings is 1. The maximum Gasteiger partial charge on any atom is 0.333 e. The fraction of sp³-hybridized carbons (Fsp3) is 0.127. The van der Waals surface area contributed by atoms with E-state index in [1.54, 1.807) is 0 Å². The lowest BCUT2D eigenvalue weighted by Gasteiger charge is -2.42. The molecule has 0 spiro atoms. The number of nitrogens with zero attached hydrogens (tertiary/aromatic N) is 2. The Balaban J connectivity index is 1.16. The van der Waals surface area contributed by atoms with Gasteiger partial charge in [-0.3, -0.25) is 0 Å². The molecule has 0 atom stereocenters. The van der Waals surface area contributed by atoms with Gasteiger partial charge in [-0.05, 0) is 98.3 Å². The molecule has 0 amide bonds. The molecule has 60 heavy (non-hydrogen) atoms. The third-order valence-corrected chi connectivity index (χ3v) is 15.5. The van der Waals surface area contributed by atoms with Gasteiger partial charge in [0.25, 0.3) is 0 Å². The zero-order valence-corrected chi connectivity index (χ0v) is 35.0. The first-order chi connectivity index (χ1) is 29.1. The van der Waals surface area contributed by atoms with Gasteiger partial charge in [-0.2, -0.15) is 0 Å². The van der Waals surface area contributed by atoms with Gasteiger partial charge >= 0.3 is 6.85 Å². The van der Waals surface area contributed by atoms with Crippen LogP contribution in [-0.2, 0) is 10.8 Å². The summed E-state index contributed by atoms with van der Waals surface area (Å²) in [6.07, 6.45) is 0. The first kappa shape index (κ1) is 33.3. The quantitative estimate of drug-likeness (QED) is 0.155. The molecule has 0 bridgehead atoms. The zero-order chi connectivity index (χ0) is 40.0. The second kappa shape index (κ2) is 11.0. The maximum absolute atomic E-state index is 6.62. The van der Waals surface area contributed by atoms with Crippen LogP contribution in [0.3, 0.4) is 0 Å². The lowest BCUT2D eigenvalue weighted by Crippen LogP contribution is -2.60. The molecule has 0 N–H and O–H groups in total. The monoisotopic (exact) mass is 786 g/mol. The Bertz CT molecular complexity index is 3740. The molecule has 0 unspecified atom stereocenters. The summed E-state index contributed by atoms with van der Waals surface area (Å²) in [7, 11) is 0. The molecular formula is C55H39BN2OS. The Morgan fingerprint density at radius 2 is 1.33 bits per heavy atom. The minimum atomic E-state index is -0.147. The third-order valence-electron chi connectivity index (χ3n) is 14.3. The number of anilines is 2. The molecule has 8 aromatic carbocycles. The van der Waals surface area contributed by atoms with E-state index >= 15 is 0 Å². The Labute approximate surface area is 352 Å². The number of benzene rings is 8. The number of thiophene rings is 1. The zero-order valence-electron chi connectivity index (χ0n) is 34.1. The van der Waals surface area contributed by atoms with E-state index in [2.05, 4.69) is 190 Å². The van der Waals surface area contributed by atoms with Crippen LogP contribution in [0.1, 0.15) is 51.3 Å². The molecule has 3 nitrogen and oxygen atoms in total. The van der Waals surface area contributed by atoms with Crippen LogP contribution >= 0.6 is 11.3 Å². The third kappa shape index (κ3) is 4.07. The lowest BCUT2D eigenvalue weighted by molar-refractivity contribution is 0.590. The molecule has 5 heterocycles. The van der Waals surface area contributed by atoms with Crippen LogP contribution in [0.25, 0.3) is 91.9 Å². The van der Waals surface area contributed by atoms with Gasteiger partial charge in [0.15, 0.2) is 0 Å². The van der Waals surface area contributed by atoms with Gasteiger partial charge in [0, 0.05) is 75.8 Å². The van der Waals surface area contributed by atoms with E-state index in [1.165, 1.54) is 109 Å². The predicted molar refractivity (Wildman–Crippen MR) is 256 cm³/mol. The number of para-hydroxylation sites is 1. The fourth-order valence-electron chi connectivity index (χ4n) is 11.4. The van der Waals surface area contributed by atoms with Crippen molar-refractivity contribution in [1.82, 2.24) is 4.57 Å². The lowest BCUT2D eigenvalue weighted by atomic mass is 9.43. The van der Waals surface area contributed by atoms with Crippen molar-refractivity contribution < 1.29 is 4.42 Å². The van der Waals surface area contributed by atoms with Crippen molar-refractivity contribution in [3.63, 3.8) is 0 Å². The summed E-state index contributed by atoms with van der Waals surface area (Å²) in [5.41, 5.74) is 20.0. The van der Waals surface area contributed by atoms with Gasteiger partial charge in [0.1, 0.15) is 11.2 Å². The van der Waals surface area contributed by atoms with E-state index in [9.17, 15) is 0 Å². The molecular weight excluding hydrogens is 747 g/mol. The van der Waals surface area contributed by atoms with Gasteiger partial charge in [-0.15, -0.1) is 11.3 Å². The Kier molecular flexibility index (Phi) is 6.09. The number of hydrogen-bond donors (Lipinski definition) is 0. The number of fused-ring (bicyclic) bond motifs is 17. The van der Waals surface area contributed by atoms with Crippen LogP contribution in [0.15, 0.2) is 150 Å². The predicted octanol–water partition coefficient (Wildman–Crippen LogP) is 13.9. The highest BCUT2D eigenvalue weighted by atomic mass is 32.1. The highest BCUT2D eigenvalue weighted by molar-refractivity contribution is 7.25.